The fourth-order valence-corrected chi connectivity index (χ4v) is 4.31. The first-order chi connectivity index (χ1) is 17.2. The molecule has 0 aliphatic rings. The second kappa shape index (κ2) is 13.3. The van der Waals surface area contributed by atoms with Crippen LogP contribution in [0.25, 0.3) is 0 Å². The number of carbonyl (C=O) groups excluding carboxylic acids is 3. The van der Waals surface area contributed by atoms with Crippen molar-refractivity contribution < 1.29 is 23.5 Å². The summed E-state index contributed by atoms with van der Waals surface area (Å²) in [7, 11) is 1.49. The molecule has 3 aromatic rings. The van der Waals surface area contributed by atoms with Gasteiger partial charge in [0.25, 0.3) is 5.91 Å². The molecule has 0 atom stereocenters. The molecule has 0 radical (unpaired) electrons. The van der Waals surface area contributed by atoms with E-state index >= 15 is 0 Å². The first-order valence-corrected chi connectivity index (χ1v) is 12.4. The van der Waals surface area contributed by atoms with Gasteiger partial charge in [0.1, 0.15) is 12.4 Å². The standard InChI is InChI=1S/C24H23Cl2FN4O4S/c1-35-9-8-31(23(34)19-7-4-16(25)10-20(19)26)13-22(33)30-24-29-18(14-36-24)11-21(32)28-12-15-2-5-17(27)6-3-15/h2-7,10,14H,8-9,11-13H2,1H3,(H,28,32)(H,29,30,33). The van der Waals surface area contributed by atoms with Crippen molar-refractivity contribution >= 4 is 57.4 Å². The predicted octanol–water partition coefficient (Wildman–Crippen LogP) is 4.18. The second-order valence-corrected chi connectivity index (χ2v) is 9.32. The highest BCUT2D eigenvalue weighted by Gasteiger charge is 2.22. The Balaban J connectivity index is 1.55. The number of anilines is 1. The highest BCUT2D eigenvalue weighted by atomic mass is 35.5. The molecule has 0 fully saturated rings. The number of methoxy groups -OCH3 is 1. The normalized spacial score (nSPS) is 10.7. The van der Waals surface area contributed by atoms with Gasteiger partial charge in [-0.2, -0.15) is 0 Å². The number of aromatic nitrogens is 1. The Morgan fingerprint density at radius 2 is 1.86 bits per heavy atom. The molecule has 1 heterocycles. The number of amides is 3. The van der Waals surface area contributed by atoms with E-state index in [-0.39, 0.29) is 55.0 Å². The molecule has 0 aliphatic carbocycles. The molecule has 3 amide bonds. The maximum absolute atomic E-state index is 13.0. The Kier molecular flexibility index (Phi) is 10.2. The molecule has 8 nitrogen and oxygen atoms in total. The number of ether oxygens (including phenoxy) is 1. The largest absolute Gasteiger partial charge is 0.383 e. The number of hydrogen-bond acceptors (Lipinski definition) is 6. The molecule has 0 unspecified atom stereocenters. The fourth-order valence-electron chi connectivity index (χ4n) is 3.09. The van der Waals surface area contributed by atoms with Crippen molar-refractivity contribution in [2.24, 2.45) is 0 Å². The maximum atomic E-state index is 13.0. The Hall–Kier alpha value is -3.05. The smallest absolute Gasteiger partial charge is 0.255 e. The molecular weight excluding hydrogens is 530 g/mol. The molecular formula is C24H23Cl2FN4O4S. The molecule has 12 heteroatoms. The van der Waals surface area contributed by atoms with Crippen LogP contribution in [0.3, 0.4) is 0 Å². The minimum absolute atomic E-state index is 0.0150. The Morgan fingerprint density at radius 3 is 2.56 bits per heavy atom. The summed E-state index contributed by atoms with van der Waals surface area (Å²) in [5.74, 6) is -1.52. The number of nitrogens with zero attached hydrogens (tertiary/aromatic N) is 2. The van der Waals surface area contributed by atoms with E-state index in [9.17, 15) is 18.8 Å². The molecule has 1 aromatic heterocycles. The number of carbonyl (C=O) groups is 3. The molecule has 0 aliphatic heterocycles. The molecule has 190 valence electrons. The van der Waals surface area contributed by atoms with Crippen LogP contribution >= 0.6 is 34.5 Å². The quantitative estimate of drug-likeness (QED) is 0.371. The van der Waals surface area contributed by atoms with Crippen LogP contribution in [-0.4, -0.2) is 54.4 Å². The number of thiazole rings is 1. The van der Waals surface area contributed by atoms with E-state index in [2.05, 4.69) is 15.6 Å². The summed E-state index contributed by atoms with van der Waals surface area (Å²) in [6.07, 6.45) is 0.0150. The lowest BCUT2D eigenvalue weighted by Crippen LogP contribution is -2.40. The van der Waals surface area contributed by atoms with Gasteiger partial charge in [0, 0.05) is 30.6 Å². The molecule has 36 heavy (non-hydrogen) atoms. The fraction of sp³-hybridized carbons (Fsp3) is 0.250. The Morgan fingerprint density at radius 1 is 1.11 bits per heavy atom. The van der Waals surface area contributed by atoms with E-state index in [1.54, 1.807) is 23.6 Å². The average molecular weight is 553 g/mol. The molecule has 3 rings (SSSR count). The number of nitrogens with one attached hydrogen (secondary N) is 2. The van der Waals surface area contributed by atoms with Crippen LogP contribution in [-0.2, 0) is 27.3 Å². The molecule has 0 saturated heterocycles. The van der Waals surface area contributed by atoms with Gasteiger partial charge in [0.05, 0.1) is 29.3 Å². The van der Waals surface area contributed by atoms with Crippen LogP contribution in [0.4, 0.5) is 9.52 Å². The van der Waals surface area contributed by atoms with E-state index in [1.807, 2.05) is 0 Å². The van der Waals surface area contributed by atoms with Crippen LogP contribution < -0.4 is 10.6 Å². The molecule has 2 aromatic carbocycles. The van der Waals surface area contributed by atoms with Crippen molar-refractivity contribution in [3.8, 4) is 0 Å². The zero-order chi connectivity index (χ0) is 26.1. The molecule has 2 N–H and O–H groups in total. The topological polar surface area (TPSA) is 101 Å². The molecule has 0 spiro atoms. The van der Waals surface area contributed by atoms with Crippen LogP contribution in [0.15, 0.2) is 47.8 Å². The van der Waals surface area contributed by atoms with Gasteiger partial charge in [-0.15, -0.1) is 11.3 Å². The van der Waals surface area contributed by atoms with Crippen molar-refractivity contribution in [3.05, 3.63) is 80.5 Å². The zero-order valence-corrected chi connectivity index (χ0v) is 21.6. The van der Waals surface area contributed by atoms with Crippen molar-refractivity contribution in [2.75, 3.05) is 32.1 Å². The third kappa shape index (κ3) is 8.27. The van der Waals surface area contributed by atoms with Gasteiger partial charge >= 0.3 is 0 Å². The first-order valence-electron chi connectivity index (χ1n) is 10.7. The van der Waals surface area contributed by atoms with Crippen molar-refractivity contribution in [1.82, 2.24) is 15.2 Å². The second-order valence-electron chi connectivity index (χ2n) is 7.62. The predicted molar refractivity (Wildman–Crippen MR) is 137 cm³/mol. The van der Waals surface area contributed by atoms with Gasteiger partial charge < -0.3 is 20.3 Å². The third-order valence-electron chi connectivity index (χ3n) is 4.89. The summed E-state index contributed by atoms with van der Waals surface area (Å²) < 4.78 is 18.0. The van der Waals surface area contributed by atoms with Gasteiger partial charge in [-0.05, 0) is 35.9 Å². The van der Waals surface area contributed by atoms with Crippen LogP contribution in [0, 0.1) is 5.82 Å². The number of benzene rings is 2. The van der Waals surface area contributed by atoms with Crippen LogP contribution in [0.1, 0.15) is 21.6 Å². The summed E-state index contributed by atoms with van der Waals surface area (Å²) >= 11 is 13.2. The lowest BCUT2D eigenvalue weighted by atomic mass is 10.2. The molecule has 0 saturated carbocycles. The third-order valence-corrected chi connectivity index (χ3v) is 6.25. The first kappa shape index (κ1) is 27.5. The number of rotatable bonds is 11. The van der Waals surface area contributed by atoms with E-state index in [1.165, 1.54) is 36.3 Å². The van der Waals surface area contributed by atoms with Crippen molar-refractivity contribution in [2.45, 2.75) is 13.0 Å². The highest BCUT2D eigenvalue weighted by molar-refractivity contribution is 7.13. The lowest BCUT2D eigenvalue weighted by molar-refractivity contribution is -0.120. The molecule has 0 bridgehead atoms. The van der Waals surface area contributed by atoms with E-state index in [0.717, 1.165) is 16.9 Å². The zero-order valence-electron chi connectivity index (χ0n) is 19.2. The lowest BCUT2D eigenvalue weighted by Gasteiger charge is -2.22. The minimum atomic E-state index is -0.466. The number of hydrogen-bond donors (Lipinski definition) is 2. The summed E-state index contributed by atoms with van der Waals surface area (Å²) in [6, 6.07) is 10.3. The van der Waals surface area contributed by atoms with E-state index < -0.39 is 11.8 Å². The van der Waals surface area contributed by atoms with Gasteiger partial charge in [-0.1, -0.05) is 35.3 Å². The maximum Gasteiger partial charge on any atom is 0.255 e. The van der Waals surface area contributed by atoms with Crippen molar-refractivity contribution in [3.63, 3.8) is 0 Å². The Labute approximate surface area is 221 Å². The summed E-state index contributed by atoms with van der Waals surface area (Å²) in [6.45, 7) is 0.391. The number of halogens is 3. The van der Waals surface area contributed by atoms with Gasteiger partial charge in [-0.3, -0.25) is 14.4 Å². The minimum Gasteiger partial charge on any atom is -0.383 e. The summed E-state index contributed by atoms with van der Waals surface area (Å²) in [4.78, 5) is 43.4. The van der Waals surface area contributed by atoms with Gasteiger partial charge in [0.15, 0.2) is 5.13 Å². The monoisotopic (exact) mass is 552 g/mol. The van der Waals surface area contributed by atoms with E-state index in [0.29, 0.717) is 15.8 Å². The van der Waals surface area contributed by atoms with Crippen molar-refractivity contribution in [1.29, 1.82) is 0 Å². The summed E-state index contributed by atoms with van der Waals surface area (Å²) in [5.41, 5.74) is 1.46. The van der Waals surface area contributed by atoms with Gasteiger partial charge in [0.2, 0.25) is 11.8 Å². The average Bonchev–Trinajstić information content (AvgIpc) is 3.27. The van der Waals surface area contributed by atoms with Crippen LogP contribution in [0.2, 0.25) is 10.0 Å². The Bertz CT molecular complexity index is 1220. The van der Waals surface area contributed by atoms with Crippen LogP contribution in [0.5, 0.6) is 0 Å². The highest BCUT2D eigenvalue weighted by Crippen LogP contribution is 2.22. The summed E-state index contributed by atoms with van der Waals surface area (Å²) in [5, 5.41) is 7.91. The SMILES string of the molecule is COCCN(CC(=O)Nc1nc(CC(=O)NCc2ccc(F)cc2)cs1)C(=O)c1ccc(Cl)cc1Cl. The van der Waals surface area contributed by atoms with Gasteiger partial charge in [-0.25, -0.2) is 9.37 Å². The van der Waals surface area contributed by atoms with E-state index in [4.69, 9.17) is 27.9 Å².